The summed E-state index contributed by atoms with van der Waals surface area (Å²) < 4.78 is 0. The molecule has 0 aliphatic heterocycles. The van der Waals surface area contributed by atoms with Crippen LogP contribution < -0.4 is 5.73 Å². The molecule has 1 rings (SSSR count). The van der Waals surface area contributed by atoms with Crippen molar-refractivity contribution in [2.24, 2.45) is 11.7 Å². The van der Waals surface area contributed by atoms with Gasteiger partial charge in [0.15, 0.2) is 0 Å². The molecule has 3 N–H and O–H groups in total. The Balaban J connectivity index is 0.000000640. The number of aliphatic hydroxyl groups excluding tert-OH is 1. The Bertz CT molecular complexity index is 79.1. The topological polar surface area (TPSA) is 46.2 Å². The second-order valence-corrected chi connectivity index (χ2v) is 2.67. The molecule has 0 aromatic carbocycles. The summed E-state index contributed by atoms with van der Waals surface area (Å²) in [6, 6.07) is 0.241. The molecule has 0 amide bonds. The van der Waals surface area contributed by atoms with Crippen LogP contribution in [0.4, 0.5) is 0 Å². The van der Waals surface area contributed by atoms with Gasteiger partial charge in [0.1, 0.15) is 0 Å². The van der Waals surface area contributed by atoms with E-state index in [-0.39, 0.29) is 24.6 Å². The largest absolute Gasteiger partial charge is 0.393 e. The summed E-state index contributed by atoms with van der Waals surface area (Å²) in [6.45, 7) is 2.00. The Morgan fingerprint density at radius 2 is 2.00 bits per heavy atom. The highest BCUT2D eigenvalue weighted by Crippen LogP contribution is 2.23. The van der Waals surface area contributed by atoms with E-state index in [2.05, 4.69) is 0 Å². The molecule has 0 bridgehead atoms. The van der Waals surface area contributed by atoms with Gasteiger partial charge < -0.3 is 10.8 Å². The van der Waals surface area contributed by atoms with Gasteiger partial charge in [0.2, 0.25) is 0 Å². The van der Waals surface area contributed by atoms with Crippen molar-refractivity contribution in [3.05, 3.63) is 0 Å². The molecule has 1 aliphatic rings. The molecule has 1 saturated carbocycles. The number of rotatable bonds is 0. The minimum Gasteiger partial charge on any atom is -0.393 e. The smallest absolute Gasteiger partial charge is 0.0581 e. The molecule has 3 unspecified atom stereocenters. The Kier molecular flexibility index (Phi) is 3.48. The van der Waals surface area contributed by atoms with Crippen molar-refractivity contribution < 1.29 is 5.11 Å². The van der Waals surface area contributed by atoms with Gasteiger partial charge >= 0.3 is 0 Å². The average Bonchev–Trinajstić information content (AvgIpc) is 1.98. The Labute approximate surface area is 61.8 Å². The second-order valence-electron chi connectivity index (χ2n) is 2.67. The number of halogens is 1. The third-order valence-electron chi connectivity index (χ3n) is 2.08. The minimum absolute atomic E-state index is 0. The van der Waals surface area contributed by atoms with Crippen LogP contribution in [-0.2, 0) is 0 Å². The van der Waals surface area contributed by atoms with E-state index in [0.717, 1.165) is 12.8 Å². The first-order valence-corrected chi connectivity index (χ1v) is 3.15. The Hall–Kier alpha value is 0.210. The van der Waals surface area contributed by atoms with Gasteiger partial charge in [-0.2, -0.15) is 0 Å². The van der Waals surface area contributed by atoms with Gasteiger partial charge in [0.05, 0.1) is 6.10 Å². The average molecular weight is 152 g/mol. The monoisotopic (exact) mass is 151 g/mol. The van der Waals surface area contributed by atoms with E-state index in [1.54, 1.807) is 0 Å². The van der Waals surface area contributed by atoms with Gasteiger partial charge in [-0.05, 0) is 18.8 Å². The summed E-state index contributed by atoms with van der Waals surface area (Å²) in [5.74, 6) is 0.315. The molecule has 0 aromatic heterocycles. The van der Waals surface area contributed by atoms with E-state index >= 15 is 0 Å². The van der Waals surface area contributed by atoms with Crippen LogP contribution in [0.3, 0.4) is 0 Å². The van der Waals surface area contributed by atoms with Crippen LogP contribution in [0.5, 0.6) is 0 Å². The number of hydrogen-bond acceptors (Lipinski definition) is 2. The van der Waals surface area contributed by atoms with Gasteiger partial charge in [-0.15, -0.1) is 12.4 Å². The van der Waals surface area contributed by atoms with Gasteiger partial charge in [0, 0.05) is 6.04 Å². The predicted molar refractivity (Wildman–Crippen MR) is 39.6 cm³/mol. The molecule has 56 valence electrons. The second kappa shape index (κ2) is 3.40. The van der Waals surface area contributed by atoms with Crippen LogP contribution in [-0.4, -0.2) is 17.3 Å². The summed E-state index contributed by atoms with van der Waals surface area (Å²) in [7, 11) is 0. The lowest BCUT2D eigenvalue weighted by Crippen LogP contribution is -2.26. The lowest BCUT2D eigenvalue weighted by molar-refractivity contribution is 0.137. The molecule has 1 fully saturated rings. The van der Waals surface area contributed by atoms with E-state index in [1.165, 1.54) is 0 Å². The van der Waals surface area contributed by atoms with E-state index in [1.807, 2.05) is 6.92 Å². The quantitative estimate of drug-likeness (QED) is 0.531. The van der Waals surface area contributed by atoms with Crippen molar-refractivity contribution >= 4 is 12.4 Å². The fourth-order valence-electron chi connectivity index (χ4n) is 1.17. The first-order chi connectivity index (χ1) is 3.72. The Morgan fingerprint density at radius 3 is 2.11 bits per heavy atom. The molecule has 0 aromatic rings. The van der Waals surface area contributed by atoms with Crippen molar-refractivity contribution in [3.63, 3.8) is 0 Å². The fraction of sp³-hybridized carbons (Fsp3) is 1.00. The summed E-state index contributed by atoms with van der Waals surface area (Å²) in [4.78, 5) is 0. The van der Waals surface area contributed by atoms with Gasteiger partial charge in [-0.3, -0.25) is 0 Å². The number of hydrogen-bond donors (Lipinski definition) is 2. The molecule has 1 aliphatic carbocycles. The van der Waals surface area contributed by atoms with E-state index < -0.39 is 0 Å². The third kappa shape index (κ3) is 1.81. The van der Waals surface area contributed by atoms with Crippen molar-refractivity contribution in [2.75, 3.05) is 0 Å². The molecular weight excluding hydrogens is 138 g/mol. The third-order valence-corrected chi connectivity index (χ3v) is 2.08. The molecule has 0 radical (unpaired) electrons. The van der Waals surface area contributed by atoms with Gasteiger partial charge in [0.25, 0.3) is 0 Å². The lowest BCUT2D eigenvalue weighted by atomic mass is 10.1. The minimum atomic E-state index is -0.134. The summed E-state index contributed by atoms with van der Waals surface area (Å²) >= 11 is 0. The van der Waals surface area contributed by atoms with Crippen LogP contribution in [0, 0.1) is 5.92 Å². The predicted octanol–water partition coefficient (Wildman–Crippen LogP) is 0.526. The highest BCUT2D eigenvalue weighted by molar-refractivity contribution is 5.85. The van der Waals surface area contributed by atoms with Gasteiger partial charge in [-0.1, -0.05) is 6.92 Å². The summed E-state index contributed by atoms with van der Waals surface area (Å²) in [5, 5.41) is 9.09. The van der Waals surface area contributed by atoms with E-state index in [9.17, 15) is 0 Å². The molecule has 3 heteroatoms. The maximum absolute atomic E-state index is 9.09. The van der Waals surface area contributed by atoms with Crippen LogP contribution in [0.25, 0.3) is 0 Å². The summed E-state index contributed by atoms with van der Waals surface area (Å²) in [6.07, 6.45) is 1.75. The highest BCUT2D eigenvalue weighted by atomic mass is 35.5. The molecule has 0 saturated heterocycles. The molecule has 3 atom stereocenters. The van der Waals surface area contributed by atoms with Crippen molar-refractivity contribution in [1.82, 2.24) is 0 Å². The Morgan fingerprint density at radius 1 is 1.44 bits per heavy atom. The maximum atomic E-state index is 9.09. The van der Waals surface area contributed by atoms with Crippen LogP contribution in [0.15, 0.2) is 0 Å². The van der Waals surface area contributed by atoms with E-state index in [0.29, 0.717) is 5.92 Å². The molecule has 0 heterocycles. The fourth-order valence-corrected chi connectivity index (χ4v) is 1.17. The normalized spacial score (nSPS) is 42.3. The van der Waals surface area contributed by atoms with Crippen LogP contribution >= 0.6 is 12.4 Å². The SMILES string of the molecule is CC1C(N)CCC1O.Cl. The first-order valence-electron chi connectivity index (χ1n) is 3.15. The molecule has 0 spiro atoms. The lowest BCUT2D eigenvalue weighted by Gasteiger charge is -2.10. The van der Waals surface area contributed by atoms with E-state index in [4.69, 9.17) is 10.8 Å². The zero-order valence-corrected chi connectivity index (χ0v) is 6.40. The first kappa shape index (κ1) is 9.21. The van der Waals surface area contributed by atoms with Crippen molar-refractivity contribution in [2.45, 2.75) is 31.9 Å². The standard InChI is InChI=1S/C6H13NO.ClH/c1-4-5(7)2-3-6(4)8;/h4-6,8H,2-3,7H2,1H3;1H. The van der Waals surface area contributed by atoms with Crippen molar-refractivity contribution in [1.29, 1.82) is 0 Å². The van der Waals surface area contributed by atoms with Crippen LogP contribution in [0.2, 0.25) is 0 Å². The zero-order valence-electron chi connectivity index (χ0n) is 5.58. The number of aliphatic hydroxyl groups is 1. The maximum Gasteiger partial charge on any atom is 0.0581 e. The highest BCUT2D eigenvalue weighted by Gasteiger charge is 2.27. The molecule has 9 heavy (non-hydrogen) atoms. The molecular formula is C6H14ClNO. The molecule has 2 nitrogen and oxygen atoms in total. The zero-order chi connectivity index (χ0) is 6.15. The van der Waals surface area contributed by atoms with Crippen LogP contribution in [0.1, 0.15) is 19.8 Å². The number of nitrogens with two attached hydrogens (primary N) is 1. The van der Waals surface area contributed by atoms with Crippen molar-refractivity contribution in [3.8, 4) is 0 Å². The van der Waals surface area contributed by atoms with Gasteiger partial charge in [-0.25, -0.2) is 0 Å². The summed E-state index contributed by atoms with van der Waals surface area (Å²) in [5.41, 5.74) is 5.61.